The molecule has 0 saturated heterocycles. The van der Waals surface area contributed by atoms with Crippen molar-refractivity contribution in [1.29, 1.82) is 0 Å². The van der Waals surface area contributed by atoms with Gasteiger partial charge in [-0.2, -0.15) is 0 Å². The van der Waals surface area contributed by atoms with Gasteiger partial charge in [0.05, 0.1) is 5.56 Å². The first kappa shape index (κ1) is 11.8. The molecule has 1 amide bonds. The molecular formula is C11H15FN4O. The first-order chi connectivity index (χ1) is 8.15. The van der Waals surface area contributed by atoms with E-state index >= 15 is 0 Å². The van der Waals surface area contributed by atoms with Crippen LogP contribution in [-0.2, 0) is 0 Å². The topological polar surface area (TPSA) is 71.2 Å². The number of nitrogens with two attached hydrogens (primary N) is 1. The van der Waals surface area contributed by atoms with Crippen molar-refractivity contribution in [3.8, 4) is 0 Å². The molecule has 1 aromatic rings. The van der Waals surface area contributed by atoms with Crippen LogP contribution in [-0.4, -0.2) is 28.9 Å². The lowest BCUT2D eigenvalue weighted by Crippen LogP contribution is -2.41. The summed E-state index contributed by atoms with van der Waals surface area (Å²) >= 11 is 0. The number of hydrogen-bond acceptors (Lipinski definition) is 4. The molecule has 0 radical (unpaired) electrons. The second-order valence-electron chi connectivity index (χ2n) is 4.17. The Balaban J connectivity index is 2.23. The lowest BCUT2D eigenvalue weighted by molar-refractivity contribution is 0.0647. The lowest BCUT2D eigenvalue weighted by atomic mass is 9.91. The number of halogens is 1. The van der Waals surface area contributed by atoms with Gasteiger partial charge < -0.3 is 10.3 Å². The number of anilines is 1. The van der Waals surface area contributed by atoms with Crippen molar-refractivity contribution in [2.45, 2.75) is 25.3 Å². The van der Waals surface area contributed by atoms with Crippen LogP contribution >= 0.6 is 0 Å². The standard InChI is InChI=1S/C11H15FN4O/c1-16(7-3-2-4-7)11(17)8-5-6-14-10(15-13)9(8)12/h5-7H,2-4,13H2,1H3,(H,14,15). The number of nitrogens with one attached hydrogen (secondary N) is 1. The first-order valence-electron chi connectivity index (χ1n) is 5.53. The summed E-state index contributed by atoms with van der Waals surface area (Å²) in [6.45, 7) is 0. The number of amides is 1. The molecule has 1 aliphatic carbocycles. The summed E-state index contributed by atoms with van der Waals surface area (Å²) in [6.07, 6.45) is 4.45. The summed E-state index contributed by atoms with van der Waals surface area (Å²) in [4.78, 5) is 17.3. The number of hydrazine groups is 1. The Morgan fingerprint density at radius 1 is 1.65 bits per heavy atom. The Bertz CT molecular complexity index is 433. The van der Waals surface area contributed by atoms with E-state index in [1.807, 2.05) is 0 Å². The van der Waals surface area contributed by atoms with Crippen LogP contribution in [0.1, 0.15) is 29.6 Å². The highest BCUT2D eigenvalue weighted by atomic mass is 19.1. The average molecular weight is 238 g/mol. The molecule has 0 spiro atoms. The predicted molar refractivity (Wildman–Crippen MR) is 61.7 cm³/mol. The summed E-state index contributed by atoms with van der Waals surface area (Å²) < 4.78 is 13.8. The number of pyridine rings is 1. The maximum atomic E-state index is 13.8. The summed E-state index contributed by atoms with van der Waals surface area (Å²) in [7, 11) is 1.70. The SMILES string of the molecule is CN(C(=O)c1ccnc(NN)c1F)C1CCC1. The van der Waals surface area contributed by atoms with Crippen molar-refractivity contribution in [3.05, 3.63) is 23.6 Å². The van der Waals surface area contributed by atoms with Crippen LogP contribution < -0.4 is 11.3 Å². The molecule has 0 aromatic carbocycles. The summed E-state index contributed by atoms with van der Waals surface area (Å²) in [5, 5.41) is 0. The third kappa shape index (κ3) is 2.08. The minimum absolute atomic E-state index is 0.00218. The van der Waals surface area contributed by atoms with E-state index in [4.69, 9.17) is 5.84 Å². The quantitative estimate of drug-likeness (QED) is 0.611. The average Bonchev–Trinajstić information content (AvgIpc) is 2.26. The van der Waals surface area contributed by atoms with Crippen LogP contribution in [0.3, 0.4) is 0 Å². The molecular weight excluding hydrogens is 223 g/mol. The Morgan fingerprint density at radius 3 is 2.88 bits per heavy atom. The van der Waals surface area contributed by atoms with Gasteiger partial charge in [0.1, 0.15) is 0 Å². The van der Waals surface area contributed by atoms with Crippen LogP contribution in [0.25, 0.3) is 0 Å². The molecule has 0 atom stereocenters. The van der Waals surface area contributed by atoms with Crippen molar-refractivity contribution in [2.75, 3.05) is 12.5 Å². The van der Waals surface area contributed by atoms with E-state index < -0.39 is 5.82 Å². The third-order valence-electron chi connectivity index (χ3n) is 3.20. The minimum Gasteiger partial charge on any atom is -0.339 e. The monoisotopic (exact) mass is 238 g/mol. The van der Waals surface area contributed by atoms with Gasteiger partial charge in [-0.05, 0) is 25.3 Å². The Kier molecular flexibility index (Phi) is 3.23. The number of rotatable bonds is 3. The van der Waals surface area contributed by atoms with E-state index in [0.717, 1.165) is 19.3 Å². The number of carbonyl (C=O) groups excluding carboxylic acids is 1. The lowest BCUT2D eigenvalue weighted by Gasteiger charge is -2.34. The highest BCUT2D eigenvalue weighted by Crippen LogP contribution is 2.25. The van der Waals surface area contributed by atoms with Crippen molar-refractivity contribution in [3.63, 3.8) is 0 Å². The zero-order valence-electron chi connectivity index (χ0n) is 9.61. The number of nitrogens with zero attached hydrogens (tertiary/aromatic N) is 2. The summed E-state index contributed by atoms with van der Waals surface area (Å²) in [5.74, 6) is 3.97. The molecule has 92 valence electrons. The second-order valence-corrected chi connectivity index (χ2v) is 4.17. The Morgan fingerprint density at radius 2 is 2.35 bits per heavy atom. The van der Waals surface area contributed by atoms with Gasteiger partial charge in [0, 0.05) is 19.3 Å². The number of carbonyl (C=O) groups is 1. The van der Waals surface area contributed by atoms with Crippen LogP contribution in [0.2, 0.25) is 0 Å². The first-order valence-corrected chi connectivity index (χ1v) is 5.53. The van der Waals surface area contributed by atoms with Crippen LogP contribution in [0.5, 0.6) is 0 Å². The van der Waals surface area contributed by atoms with E-state index in [2.05, 4.69) is 10.4 Å². The fourth-order valence-corrected chi connectivity index (χ4v) is 1.84. The van der Waals surface area contributed by atoms with Crippen LogP contribution in [0.4, 0.5) is 10.2 Å². The molecule has 0 bridgehead atoms. The zero-order chi connectivity index (χ0) is 12.4. The highest BCUT2D eigenvalue weighted by Gasteiger charge is 2.28. The molecule has 3 N–H and O–H groups in total. The summed E-state index contributed by atoms with van der Waals surface area (Å²) in [5.41, 5.74) is 2.13. The van der Waals surface area contributed by atoms with Crippen molar-refractivity contribution in [1.82, 2.24) is 9.88 Å². The van der Waals surface area contributed by atoms with Gasteiger partial charge in [-0.15, -0.1) is 0 Å². The number of nitrogen functional groups attached to an aromatic ring is 1. The molecule has 2 rings (SSSR count). The van der Waals surface area contributed by atoms with Crippen molar-refractivity contribution >= 4 is 11.7 Å². The molecule has 6 heteroatoms. The van der Waals surface area contributed by atoms with E-state index in [9.17, 15) is 9.18 Å². The van der Waals surface area contributed by atoms with Crippen LogP contribution in [0, 0.1) is 5.82 Å². The maximum absolute atomic E-state index is 13.8. The van der Waals surface area contributed by atoms with Gasteiger partial charge in [0.15, 0.2) is 11.6 Å². The molecule has 1 fully saturated rings. The number of hydrogen-bond donors (Lipinski definition) is 2. The Labute approximate surface area is 98.8 Å². The summed E-state index contributed by atoms with van der Waals surface area (Å²) in [6, 6.07) is 1.59. The van der Waals surface area contributed by atoms with Gasteiger partial charge in [0.25, 0.3) is 5.91 Å². The zero-order valence-corrected chi connectivity index (χ0v) is 9.61. The molecule has 0 aliphatic heterocycles. The maximum Gasteiger partial charge on any atom is 0.257 e. The number of aromatic nitrogens is 1. The fourth-order valence-electron chi connectivity index (χ4n) is 1.84. The predicted octanol–water partition coefficient (Wildman–Crippen LogP) is 1.13. The molecule has 1 saturated carbocycles. The minimum atomic E-state index is -0.703. The van der Waals surface area contributed by atoms with E-state index in [-0.39, 0.29) is 23.3 Å². The largest absolute Gasteiger partial charge is 0.339 e. The van der Waals surface area contributed by atoms with E-state index in [0.29, 0.717) is 0 Å². The van der Waals surface area contributed by atoms with Gasteiger partial charge in [-0.3, -0.25) is 4.79 Å². The van der Waals surface area contributed by atoms with E-state index in [1.54, 1.807) is 11.9 Å². The van der Waals surface area contributed by atoms with Crippen molar-refractivity contribution < 1.29 is 9.18 Å². The molecule has 0 unspecified atom stereocenters. The highest BCUT2D eigenvalue weighted by molar-refractivity contribution is 5.95. The smallest absolute Gasteiger partial charge is 0.257 e. The van der Waals surface area contributed by atoms with Gasteiger partial charge >= 0.3 is 0 Å². The molecule has 5 nitrogen and oxygen atoms in total. The second kappa shape index (κ2) is 4.67. The fraction of sp³-hybridized carbons (Fsp3) is 0.455. The molecule has 1 aromatic heterocycles. The molecule has 17 heavy (non-hydrogen) atoms. The Hall–Kier alpha value is -1.69. The normalized spacial score (nSPS) is 15.2. The van der Waals surface area contributed by atoms with Crippen LogP contribution in [0.15, 0.2) is 12.3 Å². The van der Waals surface area contributed by atoms with Gasteiger partial charge in [-0.1, -0.05) is 0 Å². The molecule has 1 aliphatic rings. The van der Waals surface area contributed by atoms with E-state index in [1.165, 1.54) is 12.3 Å². The van der Waals surface area contributed by atoms with Gasteiger partial charge in [-0.25, -0.2) is 15.2 Å². The molecule has 1 heterocycles. The van der Waals surface area contributed by atoms with Crippen molar-refractivity contribution in [2.24, 2.45) is 5.84 Å². The third-order valence-corrected chi connectivity index (χ3v) is 3.20. The van der Waals surface area contributed by atoms with Gasteiger partial charge in [0.2, 0.25) is 0 Å².